The molecule has 1 aromatic rings. The van der Waals surface area contributed by atoms with Gasteiger partial charge in [-0.05, 0) is 42.0 Å². The largest absolute Gasteiger partial charge is 0.452 e. The highest BCUT2D eigenvalue weighted by Gasteiger charge is 2.30. The van der Waals surface area contributed by atoms with Crippen molar-refractivity contribution in [3.63, 3.8) is 0 Å². The number of alkyl halides is 3. The summed E-state index contributed by atoms with van der Waals surface area (Å²) in [6.45, 7) is 3.89. The van der Waals surface area contributed by atoms with Crippen LogP contribution in [-0.4, -0.2) is 24.5 Å². The van der Waals surface area contributed by atoms with Crippen LogP contribution >= 0.6 is 0 Å². The van der Waals surface area contributed by atoms with Gasteiger partial charge in [0.2, 0.25) is 0 Å². The topological polar surface area (TPSA) is 55.4 Å². The van der Waals surface area contributed by atoms with Gasteiger partial charge in [-0.2, -0.15) is 13.2 Å². The number of hydrogen-bond donors (Lipinski definition) is 1. The molecule has 1 N–H and O–H groups in total. The van der Waals surface area contributed by atoms with Crippen molar-refractivity contribution in [3.05, 3.63) is 41.5 Å². The minimum absolute atomic E-state index is 0.0858. The maximum atomic E-state index is 12.5. The molecule has 27 heavy (non-hydrogen) atoms. The summed E-state index contributed by atoms with van der Waals surface area (Å²) in [5.74, 6) is -0.163. The van der Waals surface area contributed by atoms with Crippen LogP contribution in [0.3, 0.4) is 0 Å². The smallest absolute Gasteiger partial charge is 0.416 e. The first kappa shape index (κ1) is 21.0. The molecule has 0 bridgehead atoms. The molecule has 7 heteroatoms. The van der Waals surface area contributed by atoms with Crippen LogP contribution in [-0.2, 0) is 20.5 Å². The normalized spacial score (nSPS) is 23.2. The lowest BCUT2D eigenvalue weighted by Crippen LogP contribution is -2.45. The Bertz CT molecular complexity index is 683. The van der Waals surface area contributed by atoms with Gasteiger partial charge < -0.3 is 10.1 Å². The van der Waals surface area contributed by atoms with E-state index in [9.17, 15) is 22.8 Å². The van der Waals surface area contributed by atoms with Gasteiger partial charge in [-0.3, -0.25) is 4.79 Å². The first-order valence-electron chi connectivity index (χ1n) is 8.98. The van der Waals surface area contributed by atoms with Crippen LogP contribution in [0.4, 0.5) is 13.2 Å². The molecule has 0 spiro atoms. The van der Waals surface area contributed by atoms with Gasteiger partial charge >= 0.3 is 12.1 Å². The Labute approximate surface area is 156 Å². The summed E-state index contributed by atoms with van der Waals surface area (Å²) < 4.78 is 42.4. The second-order valence-electron chi connectivity index (χ2n) is 7.00. The summed E-state index contributed by atoms with van der Waals surface area (Å²) in [7, 11) is 0. The standard InChI is InChI=1S/C20H24F3NO3/c1-13-4-3-5-17(14(13)2)24-18(25)12-27-19(26)11-8-15-6-9-16(10-7-15)20(21,22)23/h6-11,13-14,17H,3-5,12H2,1-2H3,(H,24,25)/b11-8+. The maximum Gasteiger partial charge on any atom is 0.416 e. The summed E-state index contributed by atoms with van der Waals surface area (Å²) in [6.07, 6.45) is 1.15. The van der Waals surface area contributed by atoms with Crippen LogP contribution in [0.25, 0.3) is 6.08 Å². The van der Waals surface area contributed by atoms with Crippen molar-refractivity contribution in [2.75, 3.05) is 6.61 Å². The number of esters is 1. The second kappa shape index (κ2) is 9.06. The monoisotopic (exact) mass is 383 g/mol. The van der Waals surface area contributed by atoms with Crippen molar-refractivity contribution in [3.8, 4) is 0 Å². The van der Waals surface area contributed by atoms with Gasteiger partial charge in [0.1, 0.15) is 0 Å². The summed E-state index contributed by atoms with van der Waals surface area (Å²) in [6, 6.07) is 4.47. The van der Waals surface area contributed by atoms with E-state index < -0.39 is 17.7 Å². The Morgan fingerprint density at radius 2 is 1.85 bits per heavy atom. The van der Waals surface area contributed by atoms with E-state index in [4.69, 9.17) is 4.74 Å². The predicted molar refractivity (Wildman–Crippen MR) is 95.5 cm³/mol. The second-order valence-corrected chi connectivity index (χ2v) is 7.00. The lowest BCUT2D eigenvalue weighted by Gasteiger charge is -2.34. The lowest BCUT2D eigenvalue weighted by atomic mass is 9.78. The number of carbonyl (C=O) groups excluding carboxylic acids is 2. The van der Waals surface area contributed by atoms with E-state index in [0.717, 1.165) is 37.5 Å². The van der Waals surface area contributed by atoms with Crippen molar-refractivity contribution in [1.29, 1.82) is 0 Å². The highest BCUT2D eigenvalue weighted by molar-refractivity contribution is 5.89. The summed E-state index contributed by atoms with van der Waals surface area (Å²) in [4.78, 5) is 23.6. The van der Waals surface area contributed by atoms with E-state index in [1.807, 2.05) is 0 Å². The van der Waals surface area contributed by atoms with Gasteiger partial charge in [0.15, 0.2) is 6.61 Å². The van der Waals surface area contributed by atoms with Gasteiger partial charge in [0.25, 0.3) is 5.91 Å². The fraction of sp³-hybridized carbons (Fsp3) is 0.500. The minimum Gasteiger partial charge on any atom is -0.452 e. The highest BCUT2D eigenvalue weighted by Crippen LogP contribution is 2.30. The zero-order valence-corrected chi connectivity index (χ0v) is 15.4. The third-order valence-corrected chi connectivity index (χ3v) is 5.05. The molecule has 1 aliphatic rings. The minimum atomic E-state index is -4.40. The third-order valence-electron chi connectivity index (χ3n) is 5.05. The molecule has 2 rings (SSSR count). The van der Waals surface area contributed by atoms with Gasteiger partial charge in [-0.15, -0.1) is 0 Å². The molecule has 0 aromatic heterocycles. The van der Waals surface area contributed by atoms with Crippen molar-refractivity contribution in [2.24, 2.45) is 11.8 Å². The molecular formula is C20H24F3NO3. The van der Waals surface area contributed by atoms with Crippen LogP contribution in [0.15, 0.2) is 30.3 Å². The van der Waals surface area contributed by atoms with Crippen molar-refractivity contribution < 1.29 is 27.5 Å². The Morgan fingerprint density at radius 3 is 2.48 bits per heavy atom. The Morgan fingerprint density at radius 1 is 1.19 bits per heavy atom. The van der Waals surface area contributed by atoms with Crippen molar-refractivity contribution in [1.82, 2.24) is 5.32 Å². The molecule has 1 aromatic carbocycles. The van der Waals surface area contributed by atoms with Crippen LogP contribution in [0.1, 0.15) is 44.2 Å². The molecule has 148 valence electrons. The van der Waals surface area contributed by atoms with Crippen LogP contribution < -0.4 is 5.32 Å². The number of nitrogens with one attached hydrogen (secondary N) is 1. The molecule has 3 unspecified atom stereocenters. The van der Waals surface area contributed by atoms with Crippen LogP contribution in [0, 0.1) is 11.8 Å². The number of rotatable bonds is 5. The first-order valence-corrected chi connectivity index (χ1v) is 8.98. The number of halogens is 3. The summed E-state index contributed by atoms with van der Waals surface area (Å²) in [5, 5.41) is 2.90. The Hall–Kier alpha value is -2.31. The fourth-order valence-electron chi connectivity index (χ4n) is 3.17. The molecule has 0 aliphatic heterocycles. The predicted octanol–water partition coefficient (Wildman–Crippen LogP) is 4.20. The van der Waals surface area contributed by atoms with Gasteiger partial charge in [0.05, 0.1) is 5.56 Å². The molecule has 0 saturated heterocycles. The number of amides is 1. The summed E-state index contributed by atoms with van der Waals surface area (Å²) in [5.41, 5.74) is -0.334. The number of ether oxygens (including phenoxy) is 1. The van der Waals surface area contributed by atoms with Crippen LogP contribution in [0.5, 0.6) is 0 Å². The highest BCUT2D eigenvalue weighted by atomic mass is 19.4. The van der Waals surface area contributed by atoms with Gasteiger partial charge in [-0.25, -0.2) is 4.79 Å². The average molecular weight is 383 g/mol. The zero-order chi connectivity index (χ0) is 20.0. The molecule has 4 nitrogen and oxygen atoms in total. The van der Waals surface area contributed by atoms with E-state index >= 15 is 0 Å². The average Bonchev–Trinajstić information content (AvgIpc) is 2.61. The van der Waals surface area contributed by atoms with Crippen molar-refractivity contribution >= 4 is 18.0 Å². The molecule has 0 radical (unpaired) electrons. The number of benzene rings is 1. The van der Waals surface area contributed by atoms with E-state index in [2.05, 4.69) is 19.2 Å². The SMILES string of the molecule is CC1CCCC(NC(=O)COC(=O)/C=C/c2ccc(C(F)(F)F)cc2)C1C. The van der Waals surface area contributed by atoms with Crippen molar-refractivity contribution in [2.45, 2.75) is 45.3 Å². The van der Waals surface area contributed by atoms with E-state index in [0.29, 0.717) is 17.4 Å². The number of carbonyl (C=O) groups is 2. The van der Waals surface area contributed by atoms with Crippen LogP contribution in [0.2, 0.25) is 0 Å². The Balaban J connectivity index is 1.78. The quantitative estimate of drug-likeness (QED) is 0.612. The maximum absolute atomic E-state index is 12.5. The third kappa shape index (κ3) is 6.41. The molecule has 1 aliphatic carbocycles. The van der Waals surface area contributed by atoms with Gasteiger partial charge in [0, 0.05) is 12.1 Å². The molecule has 1 saturated carbocycles. The summed E-state index contributed by atoms with van der Waals surface area (Å²) >= 11 is 0. The fourth-order valence-corrected chi connectivity index (χ4v) is 3.17. The molecule has 3 atom stereocenters. The van der Waals surface area contributed by atoms with E-state index in [-0.39, 0.29) is 18.6 Å². The molecular weight excluding hydrogens is 359 g/mol. The first-order chi connectivity index (χ1) is 12.7. The number of hydrogen-bond acceptors (Lipinski definition) is 3. The molecule has 1 fully saturated rings. The Kier molecular flexibility index (Phi) is 7.05. The zero-order valence-electron chi connectivity index (χ0n) is 15.4. The lowest BCUT2D eigenvalue weighted by molar-refractivity contribution is -0.144. The molecule has 1 amide bonds. The van der Waals surface area contributed by atoms with Gasteiger partial charge in [-0.1, -0.05) is 38.8 Å². The van der Waals surface area contributed by atoms with E-state index in [1.54, 1.807) is 0 Å². The van der Waals surface area contributed by atoms with E-state index in [1.165, 1.54) is 18.2 Å². The molecule has 0 heterocycles.